The first kappa shape index (κ1) is 17.3. The molecule has 0 radical (unpaired) electrons. The number of nitro groups is 1. The number of rotatable bonds is 4. The quantitative estimate of drug-likeness (QED) is 0.685. The molecule has 7 nitrogen and oxygen atoms in total. The van der Waals surface area contributed by atoms with E-state index in [0.717, 1.165) is 30.6 Å². The topological polar surface area (TPSA) is 80.5 Å². The highest BCUT2D eigenvalue weighted by Gasteiger charge is 2.19. The molecule has 0 bridgehead atoms. The van der Waals surface area contributed by atoms with Gasteiger partial charge in [-0.15, -0.1) is 0 Å². The van der Waals surface area contributed by atoms with Gasteiger partial charge in [0, 0.05) is 32.0 Å². The Balaban J connectivity index is 0.000000292. The molecule has 2 heterocycles. The minimum atomic E-state index is -0.436. The largest absolute Gasteiger partial charge is 0.497 e. The van der Waals surface area contributed by atoms with Gasteiger partial charge >= 0.3 is 0 Å². The molecule has 1 fully saturated rings. The molecule has 126 valence electrons. The standard InChI is InChI=1S/C12H15N3O3.C5H5N/c1-18-11-4-2-10(3-5-11)8-14-7-6-13-12(14)9-15(16)17;1-2-4-6-5-3-1/h2-5,9,13H,6-8H2,1H3;1-5H. The van der Waals surface area contributed by atoms with Crippen LogP contribution in [0.15, 0.2) is 66.9 Å². The molecular formula is C17H20N4O3. The molecule has 1 saturated heterocycles. The van der Waals surface area contributed by atoms with Gasteiger partial charge in [0.1, 0.15) is 5.75 Å². The summed E-state index contributed by atoms with van der Waals surface area (Å²) in [6, 6.07) is 13.4. The third-order valence-electron chi connectivity index (χ3n) is 3.36. The average molecular weight is 328 g/mol. The van der Waals surface area contributed by atoms with E-state index in [9.17, 15) is 10.1 Å². The fraction of sp³-hybridized carbons (Fsp3) is 0.235. The van der Waals surface area contributed by atoms with Gasteiger partial charge in [-0.1, -0.05) is 18.2 Å². The Labute approximate surface area is 140 Å². The van der Waals surface area contributed by atoms with Crippen molar-refractivity contribution in [1.29, 1.82) is 0 Å². The van der Waals surface area contributed by atoms with E-state index >= 15 is 0 Å². The van der Waals surface area contributed by atoms with Crippen molar-refractivity contribution < 1.29 is 9.66 Å². The summed E-state index contributed by atoms with van der Waals surface area (Å²) in [4.78, 5) is 15.8. The van der Waals surface area contributed by atoms with Crippen molar-refractivity contribution in [3.8, 4) is 5.75 Å². The summed E-state index contributed by atoms with van der Waals surface area (Å²) in [6.45, 7) is 2.15. The molecule has 1 aliphatic heterocycles. The smallest absolute Gasteiger partial charge is 0.274 e. The summed E-state index contributed by atoms with van der Waals surface area (Å²) < 4.78 is 5.09. The van der Waals surface area contributed by atoms with Gasteiger partial charge in [-0.2, -0.15) is 0 Å². The number of hydrogen-bond acceptors (Lipinski definition) is 6. The lowest BCUT2D eigenvalue weighted by atomic mass is 10.2. The number of hydrogen-bond donors (Lipinski definition) is 1. The molecule has 1 aromatic heterocycles. The van der Waals surface area contributed by atoms with Crippen LogP contribution in [-0.2, 0) is 6.54 Å². The third kappa shape index (κ3) is 5.60. The van der Waals surface area contributed by atoms with Crippen LogP contribution >= 0.6 is 0 Å². The van der Waals surface area contributed by atoms with E-state index in [4.69, 9.17) is 4.74 Å². The molecule has 0 saturated carbocycles. The molecular weight excluding hydrogens is 308 g/mol. The van der Waals surface area contributed by atoms with Crippen LogP contribution in [0.3, 0.4) is 0 Å². The fourth-order valence-electron chi connectivity index (χ4n) is 2.21. The molecule has 0 amide bonds. The molecule has 1 N–H and O–H groups in total. The lowest BCUT2D eigenvalue weighted by Gasteiger charge is -2.17. The van der Waals surface area contributed by atoms with Gasteiger partial charge in [-0.25, -0.2) is 0 Å². The molecule has 0 unspecified atom stereocenters. The summed E-state index contributed by atoms with van der Waals surface area (Å²) in [6.07, 6.45) is 4.51. The molecule has 24 heavy (non-hydrogen) atoms. The van der Waals surface area contributed by atoms with Gasteiger partial charge in [0.2, 0.25) is 0 Å². The van der Waals surface area contributed by atoms with E-state index in [1.54, 1.807) is 19.5 Å². The zero-order chi connectivity index (χ0) is 17.2. The summed E-state index contributed by atoms with van der Waals surface area (Å²) >= 11 is 0. The third-order valence-corrected chi connectivity index (χ3v) is 3.36. The first-order valence-electron chi connectivity index (χ1n) is 7.51. The maximum atomic E-state index is 10.5. The van der Waals surface area contributed by atoms with E-state index < -0.39 is 4.92 Å². The van der Waals surface area contributed by atoms with E-state index in [1.807, 2.05) is 47.4 Å². The molecule has 1 aromatic carbocycles. The van der Waals surface area contributed by atoms with Crippen LogP contribution in [0, 0.1) is 10.1 Å². The van der Waals surface area contributed by atoms with Crippen molar-refractivity contribution in [2.45, 2.75) is 6.54 Å². The Kier molecular flexibility index (Phi) is 6.58. The number of benzene rings is 1. The lowest BCUT2D eigenvalue weighted by Crippen LogP contribution is -2.20. The van der Waals surface area contributed by atoms with E-state index in [0.29, 0.717) is 12.4 Å². The predicted octanol–water partition coefficient (Wildman–Crippen LogP) is 2.26. The zero-order valence-corrected chi connectivity index (χ0v) is 13.5. The zero-order valence-electron chi connectivity index (χ0n) is 13.5. The second-order valence-electron chi connectivity index (χ2n) is 5.02. The second kappa shape index (κ2) is 9.14. The monoisotopic (exact) mass is 328 g/mol. The Morgan fingerprint density at radius 2 is 2.00 bits per heavy atom. The van der Waals surface area contributed by atoms with E-state index in [1.165, 1.54) is 0 Å². The maximum Gasteiger partial charge on any atom is 0.274 e. The van der Waals surface area contributed by atoms with Crippen LogP contribution in [0.5, 0.6) is 5.75 Å². The Hall–Kier alpha value is -3.09. The van der Waals surface area contributed by atoms with Crippen LogP contribution in [0.2, 0.25) is 0 Å². The highest BCUT2D eigenvalue weighted by atomic mass is 16.6. The molecule has 3 rings (SSSR count). The highest BCUT2D eigenvalue weighted by Crippen LogP contribution is 2.16. The fourth-order valence-corrected chi connectivity index (χ4v) is 2.21. The lowest BCUT2D eigenvalue weighted by molar-refractivity contribution is -0.404. The number of aromatic nitrogens is 1. The van der Waals surface area contributed by atoms with Crippen molar-refractivity contribution in [3.05, 3.63) is 82.6 Å². The van der Waals surface area contributed by atoms with Crippen molar-refractivity contribution in [2.75, 3.05) is 20.2 Å². The summed E-state index contributed by atoms with van der Waals surface area (Å²) in [7, 11) is 1.62. The average Bonchev–Trinajstić information content (AvgIpc) is 3.04. The molecule has 2 aromatic rings. The van der Waals surface area contributed by atoms with E-state index in [-0.39, 0.29) is 0 Å². The molecule has 0 spiro atoms. The Morgan fingerprint density at radius 1 is 1.29 bits per heavy atom. The van der Waals surface area contributed by atoms with Gasteiger partial charge in [-0.05, 0) is 29.8 Å². The number of pyridine rings is 1. The summed E-state index contributed by atoms with van der Waals surface area (Å²) in [5.41, 5.74) is 1.09. The Morgan fingerprint density at radius 3 is 2.50 bits per heavy atom. The van der Waals surface area contributed by atoms with E-state index in [2.05, 4.69) is 10.3 Å². The second-order valence-corrected chi connectivity index (χ2v) is 5.02. The van der Waals surface area contributed by atoms with Crippen LogP contribution in [0.25, 0.3) is 0 Å². The Bertz CT molecular complexity index is 633. The summed E-state index contributed by atoms with van der Waals surface area (Å²) in [5, 5.41) is 13.5. The van der Waals surface area contributed by atoms with Gasteiger partial charge in [0.05, 0.1) is 12.0 Å². The number of ether oxygens (including phenoxy) is 1. The molecule has 7 heteroatoms. The first-order chi connectivity index (χ1) is 11.7. The van der Waals surface area contributed by atoms with Crippen molar-refractivity contribution in [1.82, 2.24) is 15.2 Å². The van der Waals surface area contributed by atoms with Crippen LogP contribution in [0.1, 0.15) is 5.56 Å². The number of nitrogens with zero attached hydrogens (tertiary/aromatic N) is 3. The minimum absolute atomic E-state index is 0.436. The predicted molar refractivity (Wildman–Crippen MR) is 90.7 cm³/mol. The van der Waals surface area contributed by atoms with Crippen molar-refractivity contribution >= 4 is 0 Å². The van der Waals surface area contributed by atoms with Crippen molar-refractivity contribution in [3.63, 3.8) is 0 Å². The first-order valence-corrected chi connectivity index (χ1v) is 7.51. The van der Waals surface area contributed by atoms with Gasteiger partial charge in [0.25, 0.3) is 6.20 Å². The minimum Gasteiger partial charge on any atom is -0.497 e. The summed E-state index contributed by atoms with van der Waals surface area (Å²) in [5.74, 6) is 1.37. The van der Waals surface area contributed by atoms with Crippen LogP contribution in [0.4, 0.5) is 0 Å². The SMILES string of the molecule is COc1ccc(CN2CCNC2=C[N+](=O)[O-])cc1.c1ccncc1. The van der Waals surface area contributed by atoms with Gasteiger partial charge in [-0.3, -0.25) is 15.1 Å². The molecule has 0 atom stereocenters. The number of nitrogens with one attached hydrogen (secondary N) is 1. The van der Waals surface area contributed by atoms with Crippen molar-refractivity contribution in [2.24, 2.45) is 0 Å². The van der Waals surface area contributed by atoms with Gasteiger partial charge < -0.3 is 15.0 Å². The van der Waals surface area contributed by atoms with Crippen LogP contribution in [-0.4, -0.2) is 35.0 Å². The maximum absolute atomic E-state index is 10.5. The van der Waals surface area contributed by atoms with Crippen LogP contribution < -0.4 is 10.1 Å². The van der Waals surface area contributed by atoms with Gasteiger partial charge in [0.15, 0.2) is 5.82 Å². The highest BCUT2D eigenvalue weighted by molar-refractivity contribution is 5.27. The molecule has 1 aliphatic rings. The normalized spacial score (nSPS) is 14.5. The number of methoxy groups -OCH3 is 1. The molecule has 0 aliphatic carbocycles.